The lowest BCUT2D eigenvalue weighted by atomic mass is 10.1. The monoisotopic (exact) mass is 421 g/mol. The maximum absolute atomic E-state index is 12.7. The van der Waals surface area contributed by atoms with Gasteiger partial charge in [-0.15, -0.1) is 13.2 Å². The predicted octanol–water partition coefficient (Wildman–Crippen LogP) is 2.96. The number of halogens is 3. The van der Waals surface area contributed by atoms with Crippen LogP contribution in [-0.4, -0.2) is 43.0 Å². The molecule has 0 bridgehead atoms. The van der Waals surface area contributed by atoms with Crippen LogP contribution in [0.5, 0.6) is 5.75 Å². The molecule has 2 N–H and O–H groups in total. The van der Waals surface area contributed by atoms with Crippen molar-refractivity contribution >= 4 is 29.3 Å². The van der Waals surface area contributed by atoms with Crippen molar-refractivity contribution < 1.29 is 32.7 Å². The smallest absolute Gasteiger partial charge is 0.406 e. The third-order valence-electron chi connectivity index (χ3n) is 4.41. The Balaban J connectivity index is 1.71. The number of piperazine rings is 1. The van der Waals surface area contributed by atoms with E-state index in [-0.39, 0.29) is 18.2 Å². The predicted molar refractivity (Wildman–Crippen MR) is 103 cm³/mol. The molecule has 0 aliphatic carbocycles. The van der Waals surface area contributed by atoms with Gasteiger partial charge in [-0.25, -0.2) is 5.48 Å². The van der Waals surface area contributed by atoms with Crippen LogP contribution >= 0.6 is 0 Å². The van der Waals surface area contributed by atoms with Gasteiger partial charge in [0.05, 0.1) is 12.2 Å². The van der Waals surface area contributed by atoms with Gasteiger partial charge in [-0.2, -0.15) is 0 Å². The van der Waals surface area contributed by atoms with E-state index in [1.807, 2.05) is 0 Å². The Morgan fingerprint density at radius 3 is 2.43 bits per heavy atom. The van der Waals surface area contributed by atoms with E-state index >= 15 is 0 Å². The van der Waals surface area contributed by atoms with Crippen LogP contribution in [0, 0.1) is 0 Å². The minimum Gasteiger partial charge on any atom is -0.406 e. The van der Waals surface area contributed by atoms with Crippen molar-refractivity contribution in [2.75, 3.05) is 29.4 Å². The van der Waals surface area contributed by atoms with Crippen LogP contribution in [0.3, 0.4) is 0 Å². The molecule has 158 valence electrons. The first-order chi connectivity index (χ1) is 14.3. The van der Waals surface area contributed by atoms with Gasteiger partial charge in [0.2, 0.25) is 5.91 Å². The van der Waals surface area contributed by atoms with Gasteiger partial charge in [0.1, 0.15) is 5.75 Å². The van der Waals surface area contributed by atoms with Gasteiger partial charge >= 0.3 is 6.36 Å². The van der Waals surface area contributed by atoms with E-state index in [1.54, 1.807) is 34.1 Å². The Bertz CT molecular complexity index is 945. The molecule has 10 heteroatoms. The Labute approximate surface area is 169 Å². The van der Waals surface area contributed by atoms with Crippen molar-refractivity contribution in [3.63, 3.8) is 0 Å². The highest BCUT2D eigenvalue weighted by molar-refractivity contribution is 6.00. The molecule has 1 fully saturated rings. The fraction of sp³-hybridized carbons (Fsp3) is 0.200. The maximum Gasteiger partial charge on any atom is 0.573 e. The topological polar surface area (TPSA) is 82.1 Å². The van der Waals surface area contributed by atoms with Crippen molar-refractivity contribution in [1.82, 2.24) is 5.48 Å². The third-order valence-corrected chi connectivity index (χ3v) is 4.41. The third kappa shape index (κ3) is 5.29. The lowest BCUT2D eigenvalue weighted by Gasteiger charge is -2.36. The summed E-state index contributed by atoms with van der Waals surface area (Å²) in [4.78, 5) is 27.3. The van der Waals surface area contributed by atoms with E-state index in [4.69, 9.17) is 5.21 Å². The number of carbonyl (C=O) groups excluding carboxylic acids is 2. The fourth-order valence-electron chi connectivity index (χ4n) is 3.08. The van der Waals surface area contributed by atoms with Crippen LogP contribution in [0.1, 0.15) is 5.56 Å². The maximum atomic E-state index is 12.7. The number of alkyl halides is 3. The van der Waals surface area contributed by atoms with Gasteiger partial charge in [-0.3, -0.25) is 14.8 Å². The normalized spacial score (nSPS) is 14.9. The number of hydrogen-bond donors (Lipinski definition) is 2. The average Bonchev–Trinajstić information content (AvgIpc) is 2.71. The van der Waals surface area contributed by atoms with Crippen LogP contribution in [-0.2, 0) is 9.59 Å². The molecule has 0 aromatic heterocycles. The second-order valence-electron chi connectivity index (χ2n) is 6.38. The van der Waals surface area contributed by atoms with Gasteiger partial charge < -0.3 is 14.5 Å². The number of hydrogen-bond acceptors (Lipinski definition) is 5. The molecule has 2 aromatic carbocycles. The zero-order valence-electron chi connectivity index (χ0n) is 15.6. The summed E-state index contributed by atoms with van der Waals surface area (Å²) in [5, 5.41) is 8.60. The largest absolute Gasteiger partial charge is 0.573 e. The number of anilines is 2. The molecule has 0 unspecified atom stereocenters. The molecule has 2 aromatic rings. The van der Waals surface area contributed by atoms with Gasteiger partial charge in [-0.05, 0) is 42.0 Å². The average molecular weight is 421 g/mol. The summed E-state index contributed by atoms with van der Waals surface area (Å²) in [5.41, 5.74) is 3.33. The molecule has 3 rings (SSSR count). The zero-order chi connectivity index (χ0) is 21.7. The Morgan fingerprint density at radius 1 is 1.10 bits per heavy atom. The molecular formula is C20H18F3N3O4. The lowest BCUT2D eigenvalue weighted by molar-refractivity contribution is -0.274. The summed E-state index contributed by atoms with van der Waals surface area (Å²) in [6.07, 6.45) is -2.13. The second kappa shape index (κ2) is 8.87. The number of hydroxylamine groups is 1. The molecule has 1 aliphatic rings. The van der Waals surface area contributed by atoms with Crippen molar-refractivity contribution in [2.24, 2.45) is 0 Å². The van der Waals surface area contributed by atoms with Crippen molar-refractivity contribution in [3.05, 3.63) is 60.2 Å². The highest BCUT2D eigenvalue weighted by atomic mass is 19.4. The van der Waals surface area contributed by atoms with Crippen molar-refractivity contribution in [2.45, 2.75) is 6.36 Å². The molecule has 0 atom stereocenters. The molecule has 0 saturated carbocycles. The van der Waals surface area contributed by atoms with E-state index in [1.165, 1.54) is 35.8 Å². The number of nitrogens with one attached hydrogen (secondary N) is 1. The number of amides is 2. The summed E-state index contributed by atoms with van der Waals surface area (Å²) >= 11 is 0. The van der Waals surface area contributed by atoms with Crippen molar-refractivity contribution in [3.8, 4) is 5.75 Å². The molecule has 0 spiro atoms. The number of rotatable bonds is 5. The van der Waals surface area contributed by atoms with Crippen LogP contribution in [0.25, 0.3) is 6.08 Å². The quantitative estimate of drug-likeness (QED) is 0.441. The van der Waals surface area contributed by atoms with Crippen LogP contribution in [0.4, 0.5) is 24.5 Å². The molecule has 2 amide bonds. The molecule has 7 nitrogen and oxygen atoms in total. The van der Waals surface area contributed by atoms with Gasteiger partial charge in [0.25, 0.3) is 5.91 Å². The Morgan fingerprint density at radius 2 is 1.80 bits per heavy atom. The summed E-state index contributed by atoms with van der Waals surface area (Å²) in [6.45, 7) is 0.839. The van der Waals surface area contributed by atoms with E-state index < -0.39 is 12.3 Å². The van der Waals surface area contributed by atoms with Crippen molar-refractivity contribution in [1.29, 1.82) is 0 Å². The first-order valence-electron chi connectivity index (χ1n) is 8.89. The first kappa shape index (κ1) is 21.2. The first-order valence-corrected chi connectivity index (χ1v) is 8.89. The van der Waals surface area contributed by atoms with Gasteiger partial charge in [0.15, 0.2) is 0 Å². The highest BCUT2D eigenvalue weighted by Gasteiger charge is 2.31. The Hall–Kier alpha value is -3.53. The summed E-state index contributed by atoms with van der Waals surface area (Å²) in [7, 11) is 0. The van der Waals surface area contributed by atoms with Crippen LogP contribution < -0.4 is 20.0 Å². The van der Waals surface area contributed by atoms with E-state index in [2.05, 4.69) is 4.74 Å². The minimum atomic E-state index is -4.76. The molecule has 1 heterocycles. The zero-order valence-corrected chi connectivity index (χ0v) is 15.6. The minimum absolute atomic E-state index is 0.0364. The van der Waals surface area contributed by atoms with Gasteiger partial charge in [0, 0.05) is 24.9 Å². The molecule has 1 saturated heterocycles. The Kier molecular flexibility index (Phi) is 6.26. The number of benzene rings is 2. The van der Waals surface area contributed by atoms with Gasteiger partial charge in [-0.1, -0.05) is 18.2 Å². The number of ether oxygens (including phenoxy) is 1. The lowest BCUT2D eigenvalue weighted by Crippen LogP contribution is -2.50. The van der Waals surface area contributed by atoms with Crippen LogP contribution in [0.2, 0.25) is 0 Å². The number of para-hydroxylation sites is 1. The van der Waals surface area contributed by atoms with E-state index in [0.717, 1.165) is 6.08 Å². The summed E-state index contributed by atoms with van der Waals surface area (Å²) < 4.78 is 40.7. The highest BCUT2D eigenvalue weighted by Crippen LogP contribution is 2.28. The number of carbonyl (C=O) groups is 2. The standard InChI is InChI=1S/C20H18F3N3O4/c21-20(22,23)30-16-8-6-15(7-9-16)25-11-12-26(19(28)13-25)17-4-2-1-3-14(17)5-10-18(27)24-29/h1-10,29H,11-13H2,(H,24,27)/b10-5+. The molecule has 30 heavy (non-hydrogen) atoms. The molecule has 1 aliphatic heterocycles. The molecular weight excluding hydrogens is 403 g/mol. The summed E-state index contributed by atoms with van der Waals surface area (Å²) in [5.74, 6) is -1.23. The SMILES string of the molecule is O=C(/C=C/c1ccccc1N1CCN(c2ccc(OC(F)(F)F)cc2)CC1=O)NO. The number of nitrogens with zero attached hydrogens (tertiary/aromatic N) is 2. The fourth-order valence-corrected chi connectivity index (χ4v) is 3.08. The van der Waals surface area contributed by atoms with Crippen LogP contribution in [0.15, 0.2) is 54.6 Å². The second-order valence-corrected chi connectivity index (χ2v) is 6.38. The van der Waals surface area contributed by atoms with E-state index in [9.17, 15) is 22.8 Å². The molecule has 0 radical (unpaired) electrons. The van der Waals surface area contributed by atoms with E-state index in [0.29, 0.717) is 30.0 Å². The summed E-state index contributed by atoms with van der Waals surface area (Å²) in [6, 6.07) is 12.3.